The van der Waals surface area contributed by atoms with Crippen molar-refractivity contribution in [2.75, 3.05) is 11.9 Å². The quantitative estimate of drug-likeness (QED) is 0.720. The summed E-state index contributed by atoms with van der Waals surface area (Å²) < 4.78 is 5.10. The first-order valence-electron chi connectivity index (χ1n) is 6.91. The maximum atomic E-state index is 12.2. The Morgan fingerprint density at radius 3 is 2.65 bits per heavy atom. The van der Waals surface area contributed by atoms with Gasteiger partial charge in [-0.05, 0) is 25.1 Å². The van der Waals surface area contributed by atoms with Crippen molar-refractivity contribution in [2.45, 2.75) is 6.92 Å². The summed E-state index contributed by atoms with van der Waals surface area (Å²) in [7, 11) is 0. The maximum Gasteiger partial charge on any atom is 0.350 e. The summed E-state index contributed by atoms with van der Waals surface area (Å²) in [6.07, 6.45) is 4.89. The number of carbonyl (C=O) groups excluding carboxylic acids is 1. The molecule has 8 heteroatoms. The van der Waals surface area contributed by atoms with Crippen molar-refractivity contribution in [2.24, 2.45) is 0 Å². The third-order valence-electron chi connectivity index (χ3n) is 2.78. The van der Waals surface area contributed by atoms with Crippen molar-refractivity contribution in [3.8, 4) is 11.4 Å². The van der Waals surface area contributed by atoms with Crippen molar-refractivity contribution in [3.63, 3.8) is 0 Å². The number of hydrogen-bond donors (Lipinski definition) is 1. The van der Waals surface area contributed by atoms with Gasteiger partial charge in [-0.1, -0.05) is 17.4 Å². The minimum atomic E-state index is -0.423. The lowest BCUT2D eigenvalue weighted by Crippen LogP contribution is -2.04. The third kappa shape index (κ3) is 3.49. The highest BCUT2D eigenvalue weighted by Gasteiger charge is 2.21. The minimum absolute atomic E-state index is 0.295. The van der Waals surface area contributed by atoms with Crippen molar-refractivity contribution >= 4 is 28.4 Å². The van der Waals surface area contributed by atoms with Crippen LogP contribution in [0.5, 0.6) is 0 Å². The zero-order chi connectivity index (χ0) is 16.1. The van der Waals surface area contributed by atoms with Crippen LogP contribution in [0.1, 0.15) is 16.6 Å². The number of pyridine rings is 1. The van der Waals surface area contributed by atoms with E-state index >= 15 is 0 Å². The number of rotatable bonds is 5. The molecule has 3 aromatic rings. The minimum Gasteiger partial charge on any atom is -0.462 e. The van der Waals surface area contributed by atoms with Gasteiger partial charge < -0.3 is 10.1 Å². The van der Waals surface area contributed by atoms with Crippen LogP contribution in [0.2, 0.25) is 0 Å². The molecule has 0 fully saturated rings. The SMILES string of the molecule is CCOC(=O)c1sc(Nc2ncccn2)nc1-c1ccccn1. The van der Waals surface area contributed by atoms with Crippen LogP contribution in [0.15, 0.2) is 42.9 Å². The van der Waals surface area contributed by atoms with E-state index < -0.39 is 5.97 Å². The Morgan fingerprint density at radius 2 is 1.96 bits per heavy atom. The van der Waals surface area contributed by atoms with Crippen LogP contribution in [0.25, 0.3) is 11.4 Å². The van der Waals surface area contributed by atoms with Crippen molar-refractivity contribution < 1.29 is 9.53 Å². The number of nitrogens with zero attached hydrogens (tertiary/aromatic N) is 4. The second-order valence-electron chi connectivity index (χ2n) is 4.33. The summed E-state index contributed by atoms with van der Waals surface area (Å²) >= 11 is 1.18. The summed E-state index contributed by atoms with van der Waals surface area (Å²) in [5, 5.41) is 3.48. The molecular formula is C15H13N5O2S. The van der Waals surface area contributed by atoms with Crippen LogP contribution in [0.4, 0.5) is 11.1 Å². The van der Waals surface area contributed by atoms with E-state index in [-0.39, 0.29) is 0 Å². The molecule has 116 valence electrons. The van der Waals surface area contributed by atoms with Gasteiger partial charge in [0.25, 0.3) is 0 Å². The standard InChI is InChI=1S/C15H13N5O2S/c1-2-22-13(21)12-11(10-6-3-4-7-16-10)19-15(23-12)20-14-17-8-5-9-18-14/h3-9H,2H2,1H3,(H,17,18,19,20). The Hall–Kier alpha value is -2.87. The summed E-state index contributed by atoms with van der Waals surface area (Å²) in [6.45, 7) is 2.05. The van der Waals surface area contributed by atoms with Gasteiger partial charge in [-0.15, -0.1) is 0 Å². The smallest absolute Gasteiger partial charge is 0.350 e. The summed E-state index contributed by atoms with van der Waals surface area (Å²) in [6, 6.07) is 7.15. The van der Waals surface area contributed by atoms with Crippen molar-refractivity contribution in [1.29, 1.82) is 0 Å². The van der Waals surface area contributed by atoms with E-state index in [0.29, 0.717) is 34.0 Å². The van der Waals surface area contributed by atoms with E-state index in [2.05, 4.69) is 25.3 Å². The lowest BCUT2D eigenvalue weighted by Gasteiger charge is -2.01. The average molecular weight is 327 g/mol. The molecule has 0 amide bonds. The van der Waals surface area contributed by atoms with E-state index in [1.165, 1.54) is 11.3 Å². The Kier molecular flexibility index (Phi) is 4.53. The van der Waals surface area contributed by atoms with Crippen molar-refractivity contribution in [1.82, 2.24) is 19.9 Å². The molecule has 0 unspecified atom stereocenters. The molecule has 0 radical (unpaired) electrons. The molecule has 0 aliphatic carbocycles. The number of anilines is 2. The van der Waals surface area contributed by atoms with E-state index in [0.717, 1.165) is 0 Å². The van der Waals surface area contributed by atoms with Gasteiger partial charge in [-0.2, -0.15) is 0 Å². The Balaban J connectivity index is 1.98. The molecule has 3 heterocycles. The molecule has 23 heavy (non-hydrogen) atoms. The molecule has 7 nitrogen and oxygen atoms in total. The molecule has 0 aliphatic heterocycles. The highest BCUT2D eigenvalue weighted by Crippen LogP contribution is 2.31. The second kappa shape index (κ2) is 6.93. The zero-order valence-corrected chi connectivity index (χ0v) is 13.1. The van der Waals surface area contributed by atoms with Gasteiger partial charge in [0.05, 0.1) is 12.3 Å². The average Bonchev–Trinajstić information content (AvgIpc) is 3.01. The first-order valence-corrected chi connectivity index (χ1v) is 7.73. The topological polar surface area (TPSA) is 89.9 Å². The Morgan fingerprint density at radius 1 is 1.17 bits per heavy atom. The van der Waals surface area contributed by atoms with Crippen LogP contribution in [-0.4, -0.2) is 32.5 Å². The fraction of sp³-hybridized carbons (Fsp3) is 0.133. The number of aromatic nitrogens is 4. The molecule has 0 atom stereocenters. The third-order valence-corrected chi connectivity index (χ3v) is 3.73. The molecule has 0 spiro atoms. The van der Waals surface area contributed by atoms with Gasteiger partial charge in [-0.3, -0.25) is 4.98 Å². The predicted octanol–water partition coefficient (Wildman–Crippen LogP) is 2.92. The number of nitrogens with one attached hydrogen (secondary N) is 1. The number of thiazole rings is 1. The van der Waals surface area contributed by atoms with E-state index in [9.17, 15) is 4.79 Å². The monoisotopic (exact) mass is 327 g/mol. The van der Waals surface area contributed by atoms with Gasteiger partial charge in [0.1, 0.15) is 10.6 Å². The van der Waals surface area contributed by atoms with Crippen LogP contribution in [0.3, 0.4) is 0 Å². The van der Waals surface area contributed by atoms with E-state index in [1.54, 1.807) is 43.7 Å². The Labute approximate surface area is 136 Å². The molecule has 3 aromatic heterocycles. The van der Waals surface area contributed by atoms with Gasteiger partial charge in [0, 0.05) is 18.6 Å². The highest BCUT2D eigenvalue weighted by molar-refractivity contribution is 7.18. The molecule has 3 rings (SSSR count). The molecule has 0 bridgehead atoms. The van der Waals surface area contributed by atoms with Crippen LogP contribution < -0.4 is 5.32 Å². The lowest BCUT2D eigenvalue weighted by molar-refractivity contribution is 0.0532. The first kappa shape index (κ1) is 15.0. The molecule has 1 N–H and O–H groups in total. The number of ether oxygens (including phenoxy) is 1. The highest BCUT2D eigenvalue weighted by atomic mass is 32.1. The van der Waals surface area contributed by atoms with Crippen molar-refractivity contribution in [3.05, 3.63) is 47.7 Å². The van der Waals surface area contributed by atoms with Gasteiger partial charge >= 0.3 is 5.97 Å². The largest absolute Gasteiger partial charge is 0.462 e. The summed E-state index contributed by atoms with van der Waals surface area (Å²) in [4.78, 5) is 29.4. The number of carbonyl (C=O) groups is 1. The zero-order valence-electron chi connectivity index (χ0n) is 12.3. The fourth-order valence-corrected chi connectivity index (χ4v) is 2.71. The number of hydrogen-bond acceptors (Lipinski definition) is 8. The van der Waals surface area contributed by atoms with Gasteiger partial charge in [0.2, 0.25) is 5.95 Å². The van der Waals surface area contributed by atoms with E-state index in [4.69, 9.17) is 4.74 Å². The molecule has 0 aromatic carbocycles. The molecule has 0 aliphatic rings. The molecule has 0 saturated heterocycles. The van der Waals surface area contributed by atoms with Gasteiger partial charge in [-0.25, -0.2) is 19.7 Å². The molecular weight excluding hydrogens is 314 g/mol. The van der Waals surface area contributed by atoms with Crippen LogP contribution in [-0.2, 0) is 4.74 Å². The first-order chi connectivity index (χ1) is 11.3. The Bertz CT molecular complexity index is 792. The van der Waals surface area contributed by atoms with Crippen LogP contribution in [0, 0.1) is 0 Å². The summed E-state index contributed by atoms with van der Waals surface area (Å²) in [5.41, 5.74) is 1.08. The maximum absolute atomic E-state index is 12.2. The fourth-order valence-electron chi connectivity index (χ4n) is 1.84. The van der Waals surface area contributed by atoms with Crippen LogP contribution >= 0.6 is 11.3 Å². The normalized spacial score (nSPS) is 10.3. The molecule has 0 saturated carbocycles. The number of esters is 1. The predicted molar refractivity (Wildman–Crippen MR) is 86.6 cm³/mol. The second-order valence-corrected chi connectivity index (χ2v) is 5.33. The van der Waals surface area contributed by atoms with Gasteiger partial charge in [0.15, 0.2) is 5.13 Å². The van der Waals surface area contributed by atoms with E-state index in [1.807, 2.05) is 6.07 Å². The summed E-state index contributed by atoms with van der Waals surface area (Å²) in [5.74, 6) is -0.0167. The lowest BCUT2D eigenvalue weighted by atomic mass is 10.2.